The van der Waals surface area contributed by atoms with Crippen LogP contribution in [-0.4, -0.2) is 47.3 Å². The maximum Gasteiger partial charge on any atom is 0.329 e. The monoisotopic (exact) mass is 378 g/mol. The van der Waals surface area contributed by atoms with Crippen LogP contribution in [0.1, 0.15) is 65.2 Å². The summed E-state index contributed by atoms with van der Waals surface area (Å²) in [5, 5.41) is 2.93. The van der Waals surface area contributed by atoms with Gasteiger partial charge in [-0.25, -0.2) is 4.79 Å². The molecule has 150 valence electrons. The molecule has 1 saturated heterocycles. The lowest BCUT2D eigenvalue weighted by Gasteiger charge is -2.29. The molecule has 0 spiro atoms. The lowest BCUT2D eigenvalue weighted by molar-refractivity contribution is -0.159. The second-order valence-corrected chi connectivity index (χ2v) is 8.26. The normalized spacial score (nSPS) is 32.0. The minimum atomic E-state index is -0.989. The van der Waals surface area contributed by atoms with Crippen LogP contribution in [0, 0.1) is 17.8 Å². The Kier molecular flexibility index (Phi) is 6.17. The Morgan fingerprint density at radius 3 is 2.19 bits per heavy atom. The quantitative estimate of drug-likeness (QED) is 0.582. The SMILES string of the molecule is C[C@H]1CCCC[C@@H]1NC(=O)COC(=O)[C@H](C)N1C(=O)[C@H]2CCCC[C@H]2C1=O. The molecule has 27 heavy (non-hydrogen) atoms. The van der Waals surface area contributed by atoms with Gasteiger partial charge in [0.25, 0.3) is 5.91 Å². The molecule has 3 rings (SSSR count). The Labute approximate surface area is 160 Å². The number of rotatable bonds is 5. The first-order chi connectivity index (χ1) is 12.9. The maximum atomic E-state index is 12.6. The molecule has 5 atom stereocenters. The highest BCUT2D eigenvalue weighted by molar-refractivity contribution is 6.07. The summed E-state index contributed by atoms with van der Waals surface area (Å²) in [6.45, 7) is 3.23. The molecular weight excluding hydrogens is 348 g/mol. The third-order valence-electron chi connectivity index (χ3n) is 6.41. The fourth-order valence-electron chi connectivity index (χ4n) is 4.71. The van der Waals surface area contributed by atoms with Gasteiger partial charge < -0.3 is 10.1 Å². The molecule has 0 aromatic rings. The van der Waals surface area contributed by atoms with Crippen LogP contribution in [0.3, 0.4) is 0 Å². The summed E-state index contributed by atoms with van der Waals surface area (Å²) >= 11 is 0. The smallest absolute Gasteiger partial charge is 0.329 e. The van der Waals surface area contributed by atoms with E-state index in [-0.39, 0.29) is 42.2 Å². The van der Waals surface area contributed by atoms with Crippen molar-refractivity contribution in [2.45, 2.75) is 77.3 Å². The van der Waals surface area contributed by atoms with Crippen LogP contribution >= 0.6 is 0 Å². The fourth-order valence-corrected chi connectivity index (χ4v) is 4.71. The molecule has 0 radical (unpaired) electrons. The molecular formula is C20H30N2O5. The summed E-state index contributed by atoms with van der Waals surface area (Å²) in [6.07, 6.45) is 7.58. The Morgan fingerprint density at radius 2 is 1.59 bits per heavy atom. The van der Waals surface area contributed by atoms with Crippen molar-refractivity contribution in [1.82, 2.24) is 10.2 Å². The predicted molar refractivity (Wildman–Crippen MR) is 97.3 cm³/mol. The molecule has 1 heterocycles. The van der Waals surface area contributed by atoms with E-state index in [1.807, 2.05) is 0 Å². The zero-order chi connectivity index (χ0) is 19.6. The lowest BCUT2D eigenvalue weighted by atomic mass is 9.81. The summed E-state index contributed by atoms with van der Waals surface area (Å²) in [5.41, 5.74) is 0. The Morgan fingerprint density at radius 1 is 1.04 bits per heavy atom. The number of carbonyl (C=O) groups is 4. The van der Waals surface area contributed by atoms with Crippen LogP contribution in [0.2, 0.25) is 0 Å². The largest absolute Gasteiger partial charge is 0.454 e. The van der Waals surface area contributed by atoms with Crippen molar-refractivity contribution in [3.63, 3.8) is 0 Å². The summed E-state index contributed by atoms with van der Waals surface area (Å²) in [5.74, 6) is -1.75. The molecule has 0 aromatic carbocycles. The summed E-state index contributed by atoms with van der Waals surface area (Å²) in [4.78, 5) is 50.6. The van der Waals surface area contributed by atoms with E-state index in [9.17, 15) is 19.2 Å². The van der Waals surface area contributed by atoms with E-state index in [2.05, 4.69) is 12.2 Å². The van der Waals surface area contributed by atoms with Gasteiger partial charge in [-0.05, 0) is 38.5 Å². The van der Waals surface area contributed by atoms with Crippen molar-refractivity contribution in [2.75, 3.05) is 6.61 Å². The van der Waals surface area contributed by atoms with Gasteiger partial charge >= 0.3 is 5.97 Å². The van der Waals surface area contributed by atoms with E-state index in [0.29, 0.717) is 18.8 Å². The van der Waals surface area contributed by atoms with Crippen LogP contribution in [-0.2, 0) is 23.9 Å². The fraction of sp³-hybridized carbons (Fsp3) is 0.800. The van der Waals surface area contributed by atoms with Crippen LogP contribution in [0.5, 0.6) is 0 Å². The Hall–Kier alpha value is -1.92. The van der Waals surface area contributed by atoms with E-state index in [1.54, 1.807) is 0 Å². The molecule has 0 unspecified atom stereocenters. The van der Waals surface area contributed by atoms with Crippen LogP contribution < -0.4 is 5.32 Å². The first kappa shape index (κ1) is 19.8. The third kappa shape index (κ3) is 4.17. The first-order valence-corrected chi connectivity index (χ1v) is 10.2. The van der Waals surface area contributed by atoms with Crippen molar-refractivity contribution in [2.24, 2.45) is 17.8 Å². The van der Waals surface area contributed by atoms with Gasteiger partial charge in [0.15, 0.2) is 6.61 Å². The highest BCUT2D eigenvalue weighted by Crippen LogP contribution is 2.38. The standard InChI is InChI=1S/C20H30N2O5/c1-12-7-3-6-10-16(12)21-17(23)11-27-20(26)13(2)22-18(24)14-8-4-5-9-15(14)19(22)25/h12-16H,3-11H2,1-2H3,(H,21,23)/t12-,13-,14-,15+,16-/m0/s1. The van der Waals surface area contributed by atoms with Crippen LogP contribution in [0.15, 0.2) is 0 Å². The predicted octanol–water partition coefficient (Wildman–Crippen LogP) is 1.79. The van der Waals surface area contributed by atoms with Crippen LogP contribution in [0.25, 0.3) is 0 Å². The number of hydrogen-bond acceptors (Lipinski definition) is 5. The van der Waals surface area contributed by atoms with Gasteiger partial charge in [0.2, 0.25) is 11.8 Å². The van der Waals surface area contributed by atoms with Gasteiger partial charge in [0, 0.05) is 6.04 Å². The highest BCUT2D eigenvalue weighted by Gasteiger charge is 2.51. The summed E-state index contributed by atoms with van der Waals surface area (Å²) < 4.78 is 5.11. The lowest BCUT2D eigenvalue weighted by Crippen LogP contribution is -2.46. The number of esters is 1. The van der Waals surface area contributed by atoms with Crippen molar-refractivity contribution in [3.8, 4) is 0 Å². The molecule has 7 heteroatoms. The number of carbonyl (C=O) groups excluding carboxylic acids is 4. The van der Waals surface area contributed by atoms with Gasteiger partial charge in [-0.1, -0.05) is 32.6 Å². The molecule has 2 aliphatic carbocycles. The number of imide groups is 1. The number of nitrogens with zero attached hydrogens (tertiary/aromatic N) is 1. The van der Waals surface area contributed by atoms with Crippen molar-refractivity contribution < 1.29 is 23.9 Å². The second-order valence-electron chi connectivity index (χ2n) is 8.26. The topological polar surface area (TPSA) is 92.8 Å². The van der Waals surface area contributed by atoms with Crippen LogP contribution in [0.4, 0.5) is 0 Å². The minimum Gasteiger partial charge on any atom is -0.454 e. The third-order valence-corrected chi connectivity index (χ3v) is 6.41. The van der Waals surface area contributed by atoms with E-state index >= 15 is 0 Å². The molecule has 3 fully saturated rings. The maximum absolute atomic E-state index is 12.6. The second kappa shape index (κ2) is 8.40. The number of amides is 3. The molecule has 2 saturated carbocycles. The first-order valence-electron chi connectivity index (χ1n) is 10.2. The van der Waals surface area contributed by atoms with Gasteiger partial charge in [-0.15, -0.1) is 0 Å². The molecule has 1 aliphatic heterocycles. The van der Waals surface area contributed by atoms with Crippen molar-refractivity contribution in [3.05, 3.63) is 0 Å². The number of likely N-dealkylation sites (tertiary alicyclic amines) is 1. The van der Waals surface area contributed by atoms with Gasteiger partial charge in [0.05, 0.1) is 11.8 Å². The van der Waals surface area contributed by atoms with E-state index in [1.165, 1.54) is 13.3 Å². The molecule has 3 aliphatic rings. The number of nitrogens with one attached hydrogen (secondary N) is 1. The zero-order valence-electron chi connectivity index (χ0n) is 16.2. The van der Waals surface area contributed by atoms with E-state index in [0.717, 1.165) is 37.0 Å². The Bertz CT molecular complexity index is 595. The van der Waals surface area contributed by atoms with Gasteiger partial charge in [-0.2, -0.15) is 0 Å². The molecule has 7 nitrogen and oxygen atoms in total. The Balaban J connectivity index is 1.51. The molecule has 0 bridgehead atoms. The molecule has 0 aromatic heterocycles. The zero-order valence-corrected chi connectivity index (χ0v) is 16.2. The van der Waals surface area contributed by atoms with Gasteiger partial charge in [0.1, 0.15) is 6.04 Å². The highest BCUT2D eigenvalue weighted by atomic mass is 16.5. The molecule has 1 N–H and O–H groups in total. The van der Waals surface area contributed by atoms with Gasteiger partial charge in [-0.3, -0.25) is 19.3 Å². The summed E-state index contributed by atoms with van der Waals surface area (Å²) in [6, 6.07) is -0.871. The van der Waals surface area contributed by atoms with E-state index < -0.39 is 12.0 Å². The number of hydrogen-bond donors (Lipinski definition) is 1. The minimum absolute atomic E-state index is 0.118. The van der Waals surface area contributed by atoms with E-state index in [4.69, 9.17) is 4.74 Å². The average molecular weight is 378 g/mol. The average Bonchev–Trinajstić information content (AvgIpc) is 2.92. The number of ether oxygens (including phenoxy) is 1. The summed E-state index contributed by atoms with van der Waals surface area (Å²) in [7, 11) is 0. The van der Waals surface area contributed by atoms with Crippen molar-refractivity contribution in [1.29, 1.82) is 0 Å². The van der Waals surface area contributed by atoms with Crippen molar-refractivity contribution >= 4 is 23.7 Å². The molecule has 3 amide bonds. The number of fused-ring (bicyclic) bond motifs is 1.